The van der Waals surface area contributed by atoms with Gasteiger partial charge in [-0.15, -0.1) is 0 Å². The fourth-order valence-corrected chi connectivity index (χ4v) is 3.63. The molecule has 0 atom stereocenters. The highest BCUT2D eigenvalue weighted by Crippen LogP contribution is 2.29. The van der Waals surface area contributed by atoms with E-state index in [1.54, 1.807) is 0 Å². The zero-order chi connectivity index (χ0) is 16.6. The van der Waals surface area contributed by atoms with Crippen molar-refractivity contribution in [3.05, 3.63) is 52.8 Å². The van der Waals surface area contributed by atoms with E-state index in [2.05, 4.69) is 79.7 Å². The molecular weight excluding hydrogens is 282 g/mol. The Morgan fingerprint density at radius 1 is 1.09 bits per heavy atom. The van der Waals surface area contributed by atoms with E-state index < -0.39 is 0 Å². The predicted molar refractivity (Wildman–Crippen MR) is 98.0 cm³/mol. The van der Waals surface area contributed by atoms with Crippen molar-refractivity contribution in [2.24, 2.45) is 5.92 Å². The van der Waals surface area contributed by atoms with Crippen LogP contribution in [0, 0.1) is 19.8 Å². The van der Waals surface area contributed by atoms with Gasteiger partial charge in [0.1, 0.15) is 0 Å². The number of anilines is 1. The molecule has 0 fully saturated rings. The zero-order valence-corrected chi connectivity index (χ0v) is 15.1. The van der Waals surface area contributed by atoms with Crippen LogP contribution in [0.25, 0.3) is 0 Å². The van der Waals surface area contributed by atoms with Gasteiger partial charge in [0, 0.05) is 37.6 Å². The van der Waals surface area contributed by atoms with E-state index in [9.17, 15) is 0 Å². The average molecular weight is 311 g/mol. The first-order chi connectivity index (χ1) is 10.9. The Kier molecular flexibility index (Phi) is 4.49. The largest absolute Gasteiger partial charge is 0.357 e. The molecule has 0 aliphatic carbocycles. The summed E-state index contributed by atoms with van der Waals surface area (Å²) in [6.45, 7) is 13.2. The molecule has 1 aliphatic rings. The second-order valence-corrected chi connectivity index (χ2v) is 7.48. The van der Waals surface area contributed by atoms with Crippen LogP contribution in [0.5, 0.6) is 0 Å². The van der Waals surface area contributed by atoms with Crippen LogP contribution < -0.4 is 4.90 Å². The van der Waals surface area contributed by atoms with Crippen LogP contribution in [0.3, 0.4) is 0 Å². The lowest BCUT2D eigenvalue weighted by atomic mass is 10.0. The highest BCUT2D eigenvalue weighted by Gasteiger charge is 2.22. The summed E-state index contributed by atoms with van der Waals surface area (Å²) >= 11 is 0. The molecule has 0 N–H and O–H groups in total. The van der Waals surface area contributed by atoms with Crippen molar-refractivity contribution in [3.8, 4) is 0 Å². The molecule has 0 amide bonds. The summed E-state index contributed by atoms with van der Waals surface area (Å²) in [5.74, 6) is 0.677. The molecule has 3 heteroatoms. The van der Waals surface area contributed by atoms with Gasteiger partial charge in [-0.1, -0.05) is 32.0 Å². The SMILES string of the molecule is Cc1cccc(C)c1Cn1cc2c(c1)N(CC(C)C)CN(C)C2. The van der Waals surface area contributed by atoms with Gasteiger partial charge in [0.2, 0.25) is 0 Å². The topological polar surface area (TPSA) is 11.4 Å². The molecule has 0 spiro atoms. The molecule has 0 unspecified atom stereocenters. The molecule has 1 aromatic heterocycles. The fourth-order valence-electron chi connectivity index (χ4n) is 3.63. The maximum absolute atomic E-state index is 2.52. The minimum Gasteiger partial charge on any atom is -0.357 e. The molecule has 0 saturated heterocycles. The minimum atomic E-state index is 0.677. The molecule has 1 aromatic carbocycles. The second-order valence-electron chi connectivity index (χ2n) is 7.48. The third kappa shape index (κ3) is 3.45. The second kappa shape index (κ2) is 6.40. The lowest BCUT2D eigenvalue weighted by molar-refractivity contribution is 0.304. The molecule has 0 saturated carbocycles. The number of hydrogen-bond acceptors (Lipinski definition) is 2. The van der Waals surface area contributed by atoms with E-state index >= 15 is 0 Å². The molecule has 3 rings (SSSR count). The number of nitrogens with zero attached hydrogens (tertiary/aromatic N) is 3. The van der Waals surface area contributed by atoms with Crippen molar-refractivity contribution in [3.63, 3.8) is 0 Å². The molecule has 2 heterocycles. The number of hydrogen-bond donors (Lipinski definition) is 0. The Morgan fingerprint density at radius 3 is 2.43 bits per heavy atom. The molecule has 1 aliphatic heterocycles. The summed E-state index contributed by atoms with van der Waals surface area (Å²) in [4.78, 5) is 4.92. The highest BCUT2D eigenvalue weighted by atomic mass is 15.3. The predicted octanol–water partition coefficient (Wildman–Crippen LogP) is 4.02. The molecular formula is C20H29N3. The van der Waals surface area contributed by atoms with Gasteiger partial charge >= 0.3 is 0 Å². The molecule has 0 radical (unpaired) electrons. The van der Waals surface area contributed by atoms with Crippen molar-refractivity contribution < 1.29 is 0 Å². The van der Waals surface area contributed by atoms with Gasteiger partial charge in [0.25, 0.3) is 0 Å². The number of aromatic nitrogens is 1. The van der Waals surface area contributed by atoms with Crippen LogP contribution in [0.1, 0.15) is 36.1 Å². The van der Waals surface area contributed by atoms with E-state index in [-0.39, 0.29) is 0 Å². The number of rotatable bonds is 4. The van der Waals surface area contributed by atoms with E-state index in [1.165, 1.54) is 27.9 Å². The molecule has 0 bridgehead atoms. The summed E-state index contributed by atoms with van der Waals surface area (Å²) in [6, 6.07) is 6.57. The number of aryl methyl sites for hydroxylation is 2. The molecule has 3 nitrogen and oxygen atoms in total. The summed E-state index contributed by atoms with van der Waals surface area (Å²) in [5, 5.41) is 0. The standard InChI is InChI=1S/C20H29N3/c1-15(2)9-23-14-21(5)10-18-11-22(13-20(18)23)12-19-16(3)7-6-8-17(19)4/h6-8,11,13,15H,9-10,12,14H2,1-5H3. The highest BCUT2D eigenvalue weighted by molar-refractivity contribution is 5.54. The monoisotopic (exact) mass is 311 g/mol. The Labute approximate surface area is 140 Å². The number of fused-ring (bicyclic) bond motifs is 1. The van der Waals surface area contributed by atoms with Crippen LogP contribution in [-0.2, 0) is 13.1 Å². The van der Waals surface area contributed by atoms with Gasteiger partial charge in [0.05, 0.1) is 12.4 Å². The van der Waals surface area contributed by atoms with Gasteiger partial charge in [0.15, 0.2) is 0 Å². The first kappa shape index (κ1) is 16.1. The van der Waals surface area contributed by atoms with Crippen molar-refractivity contribution in [1.82, 2.24) is 9.47 Å². The Balaban J connectivity index is 1.89. The van der Waals surface area contributed by atoms with Crippen molar-refractivity contribution in [2.75, 3.05) is 25.2 Å². The van der Waals surface area contributed by atoms with Crippen LogP contribution in [0.4, 0.5) is 5.69 Å². The van der Waals surface area contributed by atoms with Gasteiger partial charge in [-0.25, -0.2) is 0 Å². The summed E-state index contributed by atoms with van der Waals surface area (Å²) < 4.78 is 2.37. The lowest BCUT2D eigenvalue weighted by Crippen LogP contribution is -2.41. The van der Waals surface area contributed by atoms with Crippen LogP contribution in [-0.4, -0.2) is 29.7 Å². The smallest absolute Gasteiger partial charge is 0.0708 e. The Morgan fingerprint density at radius 2 is 1.78 bits per heavy atom. The summed E-state index contributed by atoms with van der Waals surface area (Å²) in [6.07, 6.45) is 4.68. The minimum absolute atomic E-state index is 0.677. The Bertz CT molecular complexity index is 664. The van der Waals surface area contributed by atoms with Gasteiger partial charge in [-0.2, -0.15) is 0 Å². The normalized spacial score (nSPS) is 15.3. The van der Waals surface area contributed by atoms with E-state index in [1.807, 2.05) is 0 Å². The quantitative estimate of drug-likeness (QED) is 0.845. The van der Waals surface area contributed by atoms with Crippen molar-refractivity contribution in [2.45, 2.75) is 40.8 Å². The average Bonchev–Trinajstić information content (AvgIpc) is 2.85. The van der Waals surface area contributed by atoms with Crippen LogP contribution in [0.2, 0.25) is 0 Å². The molecule has 124 valence electrons. The summed E-state index contributed by atoms with van der Waals surface area (Å²) in [5.41, 5.74) is 7.08. The van der Waals surface area contributed by atoms with Gasteiger partial charge in [-0.3, -0.25) is 4.90 Å². The summed E-state index contributed by atoms with van der Waals surface area (Å²) in [7, 11) is 2.21. The zero-order valence-electron chi connectivity index (χ0n) is 15.1. The molecule has 2 aromatic rings. The van der Waals surface area contributed by atoms with Crippen LogP contribution >= 0.6 is 0 Å². The Hall–Kier alpha value is -1.74. The first-order valence-electron chi connectivity index (χ1n) is 8.61. The number of benzene rings is 1. The third-order valence-corrected chi connectivity index (χ3v) is 4.70. The first-order valence-corrected chi connectivity index (χ1v) is 8.61. The third-order valence-electron chi connectivity index (χ3n) is 4.70. The fraction of sp³-hybridized carbons (Fsp3) is 0.500. The molecule has 23 heavy (non-hydrogen) atoms. The van der Waals surface area contributed by atoms with E-state index in [4.69, 9.17) is 0 Å². The van der Waals surface area contributed by atoms with E-state index in [0.29, 0.717) is 5.92 Å². The van der Waals surface area contributed by atoms with E-state index in [0.717, 1.165) is 26.3 Å². The lowest BCUT2D eigenvalue weighted by Gasteiger charge is -2.35. The van der Waals surface area contributed by atoms with Gasteiger partial charge < -0.3 is 9.47 Å². The van der Waals surface area contributed by atoms with Crippen LogP contribution in [0.15, 0.2) is 30.6 Å². The van der Waals surface area contributed by atoms with Crippen molar-refractivity contribution in [1.29, 1.82) is 0 Å². The maximum atomic E-state index is 2.52. The van der Waals surface area contributed by atoms with Crippen molar-refractivity contribution >= 4 is 5.69 Å². The maximum Gasteiger partial charge on any atom is 0.0708 e. The van der Waals surface area contributed by atoms with Gasteiger partial charge in [-0.05, 0) is 43.5 Å².